The lowest BCUT2D eigenvalue weighted by Gasteiger charge is -2.35. The molecule has 0 unspecified atom stereocenters. The minimum absolute atomic E-state index is 0.0196. The number of aromatic nitrogens is 1. The fourth-order valence-electron chi connectivity index (χ4n) is 3.17. The van der Waals surface area contributed by atoms with E-state index in [1.165, 1.54) is 24.4 Å². The van der Waals surface area contributed by atoms with Crippen LogP contribution in [0.2, 0.25) is 0 Å². The number of nitrogens with two attached hydrogens (primary N) is 1. The van der Waals surface area contributed by atoms with Crippen molar-refractivity contribution in [2.24, 2.45) is 10.7 Å². The molecule has 1 aliphatic heterocycles. The Kier molecular flexibility index (Phi) is 5.52. The van der Waals surface area contributed by atoms with Crippen LogP contribution in [0.5, 0.6) is 0 Å². The quantitative estimate of drug-likeness (QED) is 0.723. The second-order valence-electron chi connectivity index (χ2n) is 6.58. The molecule has 4 N–H and O–H groups in total. The molecule has 0 aliphatic carbocycles. The minimum Gasteiger partial charge on any atom is -0.393 e. The van der Waals surface area contributed by atoms with Crippen molar-refractivity contribution < 1.29 is 23.1 Å². The van der Waals surface area contributed by atoms with Gasteiger partial charge >= 0.3 is 0 Å². The van der Waals surface area contributed by atoms with E-state index in [0.29, 0.717) is 0 Å². The monoisotopic (exact) mass is 403 g/mol. The van der Waals surface area contributed by atoms with Gasteiger partial charge in [0.1, 0.15) is 17.6 Å². The van der Waals surface area contributed by atoms with E-state index in [2.05, 4.69) is 15.3 Å². The second kappa shape index (κ2) is 7.89. The number of aliphatic imine (C=N–C) groups is 1. The first-order chi connectivity index (χ1) is 13.7. The Bertz CT molecular complexity index is 1000. The third kappa shape index (κ3) is 4.05. The molecule has 2 heterocycles. The second-order valence-corrected chi connectivity index (χ2v) is 6.58. The number of rotatable bonds is 4. The molecular weight excluding hydrogens is 387 g/mol. The van der Waals surface area contributed by atoms with Crippen molar-refractivity contribution in [2.75, 3.05) is 5.32 Å². The lowest BCUT2D eigenvalue weighted by Crippen LogP contribution is -2.44. The van der Waals surface area contributed by atoms with Gasteiger partial charge in [-0.2, -0.15) is 5.26 Å². The van der Waals surface area contributed by atoms with E-state index in [-0.39, 0.29) is 29.2 Å². The number of hydrogen-bond donors (Lipinski definition) is 3. The molecule has 10 heteroatoms. The number of nitrogens with one attached hydrogen (secondary N) is 1. The number of amides is 1. The van der Waals surface area contributed by atoms with Crippen LogP contribution in [0.1, 0.15) is 34.5 Å². The highest BCUT2D eigenvalue weighted by Gasteiger charge is 2.47. The predicted molar refractivity (Wildman–Crippen MR) is 97.9 cm³/mol. The number of hydrogen-bond acceptors (Lipinski definition) is 6. The van der Waals surface area contributed by atoms with Crippen LogP contribution in [0.25, 0.3) is 0 Å². The van der Waals surface area contributed by atoms with Gasteiger partial charge in [0.05, 0.1) is 17.5 Å². The summed E-state index contributed by atoms with van der Waals surface area (Å²) in [7, 11) is 0. The van der Waals surface area contributed by atoms with E-state index < -0.39 is 41.8 Å². The van der Waals surface area contributed by atoms with E-state index >= 15 is 0 Å². The Hall–Kier alpha value is -3.45. The summed E-state index contributed by atoms with van der Waals surface area (Å²) in [6, 6.07) is 7.74. The molecule has 0 saturated carbocycles. The normalized spacial score (nSPS) is 21.4. The van der Waals surface area contributed by atoms with Crippen LogP contribution in [0, 0.1) is 17.1 Å². The topological polar surface area (TPSA) is 124 Å². The molecule has 7 nitrogen and oxygen atoms in total. The van der Waals surface area contributed by atoms with E-state index in [0.717, 1.165) is 12.1 Å². The largest absolute Gasteiger partial charge is 0.393 e. The zero-order valence-corrected chi connectivity index (χ0v) is 14.9. The van der Waals surface area contributed by atoms with Crippen molar-refractivity contribution in [3.63, 3.8) is 0 Å². The molecular formula is C19H16F3N5O2. The molecule has 1 amide bonds. The zero-order chi connectivity index (χ0) is 21.2. The molecule has 3 rings (SSSR count). The Morgan fingerprint density at radius 1 is 1.38 bits per heavy atom. The van der Waals surface area contributed by atoms with Gasteiger partial charge in [0.2, 0.25) is 0 Å². The van der Waals surface area contributed by atoms with Gasteiger partial charge in [0, 0.05) is 30.3 Å². The van der Waals surface area contributed by atoms with E-state index in [1.807, 2.05) is 6.07 Å². The minimum atomic E-state index is -3.14. The summed E-state index contributed by atoms with van der Waals surface area (Å²) in [6.07, 6.45) is -3.75. The number of nitriles is 1. The lowest BCUT2D eigenvalue weighted by atomic mass is 9.81. The van der Waals surface area contributed by atoms with Gasteiger partial charge < -0.3 is 16.2 Å². The molecule has 0 bridgehead atoms. The number of carbonyl (C=O) groups is 1. The number of pyridine rings is 1. The van der Waals surface area contributed by atoms with Gasteiger partial charge in [0.15, 0.2) is 5.54 Å². The number of aliphatic hydroxyl groups excluding tert-OH is 1. The Balaban J connectivity index is 1.96. The fourth-order valence-corrected chi connectivity index (χ4v) is 3.17. The van der Waals surface area contributed by atoms with Crippen molar-refractivity contribution in [3.05, 3.63) is 59.2 Å². The van der Waals surface area contributed by atoms with Crippen LogP contribution in [-0.4, -0.2) is 34.4 Å². The molecule has 1 aromatic heterocycles. The molecule has 150 valence electrons. The maximum atomic E-state index is 14.5. The van der Waals surface area contributed by atoms with Crippen molar-refractivity contribution in [1.29, 1.82) is 5.26 Å². The summed E-state index contributed by atoms with van der Waals surface area (Å²) >= 11 is 0. The standard InChI is InChI=1S/C19H16F3N5O2/c20-14-3-2-11(26-17(29)15-4-1-10(8-23)9-25-15)5-13(14)19(18(21)22)7-12(28)6-16(24)27-19/h1-5,9,12,18,28H,6-7H2,(H2,24,27)(H,26,29)/t12-,19-/m0/s1. The van der Waals surface area contributed by atoms with Gasteiger partial charge in [-0.05, 0) is 30.3 Å². The molecule has 0 saturated heterocycles. The molecule has 0 fully saturated rings. The number of aliphatic hydroxyl groups is 1. The summed E-state index contributed by atoms with van der Waals surface area (Å²) < 4.78 is 42.4. The van der Waals surface area contributed by atoms with E-state index in [9.17, 15) is 23.1 Å². The van der Waals surface area contributed by atoms with E-state index in [1.54, 1.807) is 0 Å². The number of nitrogens with zero attached hydrogens (tertiary/aromatic N) is 3. The highest BCUT2D eigenvalue weighted by Crippen LogP contribution is 2.42. The van der Waals surface area contributed by atoms with Crippen molar-refractivity contribution in [2.45, 2.75) is 30.9 Å². The first-order valence-corrected chi connectivity index (χ1v) is 8.53. The van der Waals surface area contributed by atoms with Crippen LogP contribution in [0.15, 0.2) is 41.5 Å². The smallest absolute Gasteiger partial charge is 0.274 e. The summed E-state index contributed by atoms with van der Waals surface area (Å²) in [4.78, 5) is 19.9. The van der Waals surface area contributed by atoms with Crippen LogP contribution >= 0.6 is 0 Å². The van der Waals surface area contributed by atoms with Gasteiger partial charge in [-0.15, -0.1) is 0 Å². The predicted octanol–water partition coefficient (Wildman–Crippen LogP) is 2.32. The van der Waals surface area contributed by atoms with Gasteiger partial charge in [-0.25, -0.2) is 18.2 Å². The summed E-state index contributed by atoms with van der Waals surface area (Å²) in [6.45, 7) is 0. The van der Waals surface area contributed by atoms with Crippen LogP contribution in [-0.2, 0) is 5.54 Å². The molecule has 1 aromatic carbocycles. The Morgan fingerprint density at radius 2 is 2.14 bits per heavy atom. The average molecular weight is 403 g/mol. The highest BCUT2D eigenvalue weighted by atomic mass is 19.3. The van der Waals surface area contributed by atoms with Gasteiger partial charge in [0.25, 0.3) is 12.3 Å². The maximum absolute atomic E-state index is 14.5. The zero-order valence-electron chi connectivity index (χ0n) is 14.9. The van der Waals surface area contributed by atoms with Crippen LogP contribution < -0.4 is 11.1 Å². The summed E-state index contributed by atoms with van der Waals surface area (Å²) in [5.74, 6) is -1.85. The summed E-state index contributed by atoms with van der Waals surface area (Å²) in [5, 5.41) is 21.1. The molecule has 2 atom stereocenters. The van der Waals surface area contributed by atoms with Crippen molar-refractivity contribution >= 4 is 17.4 Å². The number of halogens is 3. The highest BCUT2D eigenvalue weighted by molar-refractivity contribution is 6.02. The number of alkyl halides is 2. The number of anilines is 1. The molecule has 2 aromatic rings. The first-order valence-electron chi connectivity index (χ1n) is 8.53. The lowest BCUT2D eigenvalue weighted by molar-refractivity contribution is 0.0102. The third-order valence-corrected chi connectivity index (χ3v) is 4.51. The molecule has 1 aliphatic rings. The number of benzene rings is 1. The molecule has 0 radical (unpaired) electrons. The Labute approximate surface area is 163 Å². The van der Waals surface area contributed by atoms with E-state index in [4.69, 9.17) is 11.0 Å². The molecule has 29 heavy (non-hydrogen) atoms. The maximum Gasteiger partial charge on any atom is 0.274 e. The number of amidine groups is 1. The fraction of sp³-hybridized carbons (Fsp3) is 0.263. The van der Waals surface area contributed by atoms with Gasteiger partial charge in [-0.1, -0.05) is 0 Å². The average Bonchev–Trinajstić information content (AvgIpc) is 2.68. The number of carbonyl (C=O) groups excluding carboxylic acids is 1. The summed E-state index contributed by atoms with van der Waals surface area (Å²) in [5.41, 5.74) is 3.00. The van der Waals surface area contributed by atoms with Crippen molar-refractivity contribution in [3.8, 4) is 6.07 Å². The Morgan fingerprint density at radius 3 is 2.72 bits per heavy atom. The van der Waals surface area contributed by atoms with Gasteiger partial charge in [-0.3, -0.25) is 9.79 Å². The van der Waals surface area contributed by atoms with Crippen molar-refractivity contribution in [1.82, 2.24) is 4.98 Å². The SMILES string of the molecule is N#Cc1ccc(C(=O)Nc2ccc(F)c([C@]3(C(F)F)C[C@@H](O)CC(N)=N3)c2)nc1. The first kappa shape index (κ1) is 20.3. The van der Waals surface area contributed by atoms with Crippen LogP contribution in [0.4, 0.5) is 18.9 Å². The third-order valence-electron chi connectivity index (χ3n) is 4.51. The molecule has 0 spiro atoms. The van der Waals surface area contributed by atoms with Crippen LogP contribution in [0.3, 0.4) is 0 Å².